The van der Waals surface area contributed by atoms with E-state index in [0.29, 0.717) is 0 Å². The summed E-state index contributed by atoms with van der Waals surface area (Å²) in [5.41, 5.74) is 0.730. The van der Waals surface area contributed by atoms with Crippen LogP contribution in [-0.4, -0.2) is 53.3 Å². The second-order valence-corrected chi connectivity index (χ2v) is 8.73. The smallest absolute Gasteiger partial charge is 0.309 e. The van der Waals surface area contributed by atoms with Crippen molar-refractivity contribution in [2.45, 2.75) is 32.0 Å². The monoisotopic (exact) mass is 577 g/mol. The van der Waals surface area contributed by atoms with E-state index < -0.39 is 83.6 Å². The van der Waals surface area contributed by atoms with E-state index in [1.54, 1.807) is 12.1 Å². The Balaban J connectivity index is 1.58. The van der Waals surface area contributed by atoms with Gasteiger partial charge in [-0.3, -0.25) is 24.0 Å². The van der Waals surface area contributed by atoms with Gasteiger partial charge in [-0.05, 0) is 23.3 Å². The van der Waals surface area contributed by atoms with E-state index in [9.17, 15) is 41.5 Å². The molecule has 0 fully saturated rings. The first-order chi connectivity index (χ1) is 19.4. The molecule has 2 atom stereocenters. The summed E-state index contributed by atoms with van der Waals surface area (Å²) in [6.45, 7) is -0.129. The highest BCUT2D eigenvalue weighted by atomic mass is 19.2. The average Bonchev–Trinajstić information content (AvgIpc) is 2.93. The van der Waals surface area contributed by atoms with Gasteiger partial charge in [0.2, 0.25) is 17.5 Å². The van der Waals surface area contributed by atoms with Gasteiger partial charge in [-0.25, -0.2) is 8.78 Å². The van der Waals surface area contributed by atoms with Gasteiger partial charge in [0.1, 0.15) is 18.7 Å². The molecular weight excluding hydrogens is 554 g/mol. The second-order valence-electron chi connectivity index (χ2n) is 8.73. The summed E-state index contributed by atoms with van der Waals surface area (Å²) in [6, 6.07) is 9.43. The highest BCUT2D eigenvalue weighted by Gasteiger charge is 2.29. The van der Waals surface area contributed by atoms with Gasteiger partial charge in [0.25, 0.3) is 0 Å². The summed E-state index contributed by atoms with van der Waals surface area (Å²) in [5.74, 6) is -15.2. The largest absolute Gasteiger partial charge is 0.481 e. The van der Waals surface area contributed by atoms with Crippen molar-refractivity contribution in [3.05, 3.63) is 77.4 Å². The fraction of sp³-hybridized carbons (Fsp3) is 0.222. The fourth-order valence-corrected chi connectivity index (χ4v) is 3.67. The Kier molecular flexibility index (Phi) is 9.95. The van der Waals surface area contributed by atoms with Crippen LogP contribution in [0.1, 0.15) is 18.9 Å². The van der Waals surface area contributed by atoms with Crippen LogP contribution in [0.4, 0.5) is 17.6 Å². The lowest BCUT2D eigenvalue weighted by atomic mass is 10.0. The molecule has 0 aliphatic rings. The molecule has 0 radical (unpaired) electrons. The Morgan fingerprint density at radius 1 is 0.878 bits per heavy atom. The van der Waals surface area contributed by atoms with Crippen molar-refractivity contribution in [3.63, 3.8) is 0 Å². The third-order valence-electron chi connectivity index (χ3n) is 5.78. The predicted octanol–water partition coefficient (Wildman–Crippen LogP) is 2.12. The first kappa shape index (κ1) is 30.5. The SMILES string of the molecule is C[C@H](NC(=O)C(=O)NCc1cccc2ccccc12)C(=O)N[C@@H](CC(=O)O)C(=O)COc1c(F)c(F)cc(F)c1F. The first-order valence-electron chi connectivity index (χ1n) is 11.9. The number of hydrogen-bond acceptors (Lipinski definition) is 6. The molecule has 14 heteroatoms. The number of Topliss-reactive ketones (excluding diaryl/α,β-unsaturated/α-hetero) is 1. The zero-order valence-corrected chi connectivity index (χ0v) is 21.3. The van der Waals surface area contributed by atoms with Crippen molar-refractivity contribution >= 4 is 40.2 Å². The zero-order valence-electron chi connectivity index (χ0n) is 21.3. The Morgan fingerprint density at radius 3 is 2.17 bits per heavy atom. The van der Waals surface area contributed by atoms with Crippen molar-refractivity contribution in [2.24, 2.45) is 0 Å². The van der Waals surface area contributed by atoms with E-state index in [0.717, 1.165) is 23.3 Å². The topological polar surface area (TPSA) is 151 Å². The van der Waals surface area contributed by atoms with Crippen molar-refractivity contribution in [1.29, 1.82) is 0 Å². The van der Waals surface area contributed by atoms with Crippen molar-refractivity contribution in [1.82, 2.24) is 16.0 Å². The number of halogens is 4. The molecule has 0 bridgehead atoms. The van der Waals surface area contributed by atoms with E-state index in [-0.39, 0.29) is 12.6 Å². The zero-order chi connectivity index (χ0) is 30.3. The highest BCUT2D eigenvalue weighted by Crippen LogP contribution is 2.26. The number of amides is 3. The third kappa shape index (κ3) is 7.77. The van der Waals surface area contributed by atoms with Crippen LogP contribution in [-0.2, 0) is 30.5 Å². The Morgan fingerprint density at radius 2 is 1.51 bits per heavy atom. The van der Waals surface area contributed by atoms with Crippen LogP contribution >= 0.6 is 0 Å². The first-order valence-corrected chi connectivity index (χ1v) is 11.9. The van der Waals surface area contributed by atoms with Gasteiger partial charge in [0, 0.05) is 12.6 Å². The molecule has 0 spiro atoms. The summed E-state index contributed by atoms with van der Waals surface area (Å²) < 4.78 is 58.8. The van der Waals surface area contributed by atoms with E-state index in [1.807, 2.05) is 35.6 Å². The quantitative estimate of drug-likeness (QED) is 0.155. The summed E-state index contributed by atoms with van der Waals surface area (Å²) >= 11 is 0. The van der Waals surface area contributed by atoms with Crippen LogP contribution in [0.2, 0.25) is 0 Å². The number of carboxylic acids is 1. The lowest BCUT2D eigenvalue weighted by Crippen LogP contribution is -2.53. The summed E-state index contributed by atoms with van der Waals surface area (Å²) in [6.07, 6.45) is -1.01. The maximum Gasteiger partial charge on any atom is 0.309 e. The predicted molar refractivity (Wildman–Crippen MR) is 134 cm³/mol. The number of aliphatic carboxylic acids is 1. The molecule has 3 amide bonds. The Labute approximate surface area is 229 Å². The molecule has 3 aromatic carbocycles. The number of fused-ring (bicyclic) bond motifs is 1. The summed E-state index contributed by atoms with van der Waals surface area (Å²) in [7, 11) is 0. The number of carbonyl (C=O) groups excluding carboxylic acids is 4. The number of ether oxygens (including phenoxy) is 1. The molecule has 3 rings (SSSR count). The third-order valence-corrected chi connectivity index (χ3v) is 5.78. The number of rotatable bonds is 11. The van der Waals surface area contributed by atoms with Crippen LogP contribution in [0.3, 0.4) is 0 Å². The van der Waals surface area contributed by atoms with Crippen LogP contribution in [0, 0.1) is 23.3 Å². The number of carboxylic acid groups (broad SMARTS) is 1. The molecule has 0 unspecified atom stereocenters. The minimum Gasteiger partial charge on any atom is -0.481 e. The molecule has 4 N–H and O–H groups in total. The molecule has 0 heterocycles. The lowest BCUT2D eigenvalue weighted by Gasteiger charge is -2.20. The number of benzene rings is 3. The normalized spacial score (nSPS) is 12.2. The lowest BCUT2D eigenvalue weighted by molar-refractivity contribution is -0.142. The average molecular weight is 577 g/mol. The van der Waals surface area contributed by atoms with Crippen LogP contribution in [0.25, 0.3) is 10.8 Å². The molecule has 216 valence electrons. The summed E-state index contributed by atoms with van der Waals surface area (Å²) in [4.78, 5) is 60.8. The highest BCUT2D eigenvalue weighted by molar-refractivity contribution is 6.35. The van der Waals surface area contributed by atoms with Gasteiger partial charge < -0.3 is 25.8 Å². The maximum absolute atomic E-state index is 13.8. The maximum atomic E-state index is 13.8. The van der Waals surface area contributed by atoms with Crippen molar-refractivity contribution in [2.75, 3.05) is 6.61 Å². The van der Waals surface area contributed by atoms with Crippen LogP contribution in [0.5, 0.6) is 5.75 Å². The minimum atomic E-state index is -1.93. The molecule has 0 saturated heterocycles. The molecular formula is C27H23F4N3O7. The minimum absolute atomic E-state index is 0.000225. The standard InChI is InChI=1S/C27H23F4N3O7/c1-13(33-27(40)26(39)32-11-15-7-4-6-14-5-2-3-8-16(14)15)25(38)34-19(10-21(36)37)20(35)12-41-24-22(30)17(28)9-18(29)23(24)31/h2-9,13,19H,10-12H2,1H3,(H,32,39)(H,33,40)(H,34,38)(H,36,37)/t13-,19-/m0/s1. The van der Waals surface area contributed by atoms with Crippen LogP contribution < -0.4 is 20.7 Å². The van der Waals surface area contributed by atoms with E-state index in [2.05, 4.69) is 15.4 Å². The van der Waals surface area contributed by atoms with Gasteiger partial charge >= 0.3 is 17.8 Å². The molecule has 0 aliphatic carbocycles. The van der Waals surface area contributed by atoms with Gasteiger partial charge in [-0.15, -0.1) is 0 Å². The van der Waals surface area contributed by atoms with Gasteiger partial charge in [-0.1, -0.05) is 42.5 Å². The van der Waals surface area contributed by atoms with Gasteiger partial charge in [0.05, 0.1) is 6.42 Å². The number of ketones is 1. The molecule has 41 heavy (non-hydrogen) atoms. The van der Waals surface area contributed by atoms with Gasteiger partial charge in [-0.2, -0.15) is 8.78 Å². The van der Waals surface area contributed by atoms with E-state index in [1.165, 1.54) is 0 Å². The van der Waals surface area contributed by atoms with E-state index in [4.69, 9.17) is 5.11 Å². The van der Waals surface area contributed by atoms with Gasteiger partial charge in [0.15, 0.2) is 23.2 Å². The van der Waals surface area contributed by atoms with Crippen LogP contribution in [0.15, 0.2) is 48.5 Å². The molecule has 0 aliphatic heterocycles. The fourth-order valence-electron chi connectivity index (χ4n) is 3.67. The molecule has 10 nitrogen and oxygen atoms in total. The molecule has 0 aromatic heterocycles. The van der Waals surface area contributed by atoms with Crippen molar-refractivity contribution < 1.29 is 51.4 Å². The molecule has 3 aromatic rings. The molecule has 0 saturated carbocycles. The Bertz CT molecular complexity index is 1480. The number of nitrogens with one attached hydrogen (secondary N) is 3. The Hall–Kier alpha value is -5.01. The van der Waals surface area contributed by atoms with Crippen molar-refractivity contribution in [3.8, 4) is 5.75 Å². The number of carbonyl (C=O) groups is 5. The second kappa shape index (κ2) is 13.4. The van der Waals surface area contributed by atoms with E-state index >= 15 is 0 Å². The number of hydrogen-bond donors (Lipinski definition) is 4. The summed E-state index contributed by atoms with van der Waals surface area (Å²) in [5, 5.41) is 17.4.